The SMILES string of the molecule is COCc1nc(Cc2cccnc2)sc1C(=O)O. The van der Waals surface area contributed by atoms with Crippen LogP contribution in [0.4, 0.5) is 0 Å². The van der Waals surface area contributed by atoms with E-state index in [0.29, 0.717) is 12.1 Å². The number of methoxy groups -OCH3 is 1. The van der Waals surface area contributed by atoms with Crippen molar-refractivity contribution in [2.24, 2.45) is 0 Å². The van der Waals surface area contributed by atoms with Gasteiger partial charge in [-0.25, -0.2) is 9.78 Å². The van der Waals surface area contributed by atoms with Crippen molar-refractivity contribution in [2.75, 3.05) is 7.11 Å². The summed E-state index contributed by atoms with van der Waals surface area (Å²) in [6, 6.07) is 3.78. The lowest BCUT2D eigenvalue weighted by atomic mass is 10.2. The van der Waals surface area contributed by atoms with Crippen molar-refractivity contribution < 1.29 is 14.6 Å². The fourth-order valence-electron chi connectivity index (χ4n) is 1.56. The summed E-state index contributed by atoms with van der Waals surface area (Å²) in [7, 11) is 1.52. The third-order valence-electron chi connectivity index (χ3n) is 2.30. The average Bonchev–Trinajstić information content (AvgIpc) is 2.74. The van der Waals surface area contributed by atoms with Gasteiger partial charge >= 0.3 is 5.97 Å². The molecule has 0 aliphatic carbocycles. The molecule has 0 saturated carbocycles. The number of thiazole rings is 1. The van der Waals surface area contributed by atoms with Crippen LogP contribution in [-0.2, 0) is 17.8 Å². The first-order valence-corrected chi connectivity index (χ1v) is 6.12. The minimum Gasteiger partial charge on any atom is -0.477 e. The molecule has 0 saturated heterocycles. The van der Waals surface area contributed by atoms with E-state index < -0.39 is 5.97 Å². The largest absolute Gasteiger partial charge is 0.477 e. The van der Waals surface area contributed by atoms with E-state index in [1.165, 1.54) is 18.4 Å². The first kappa shape index (κ1) is 12.7. The third-order valence-corrected chi connectivity index (χ3v) is 3.38. The zero-order valence-corrected chi connectivity index (χ0v) is 10.6. The molecule has 0 aromatic carbocycles. The van der Waals surface area contributed by atoms with Gasteiger partial charge in [-0.05, 0) is 11.6 Å². The topological polar surface area (TPSA) is 72.3 Å². The molecule has 2 heterocycles. The molecule has 6 heteroatoms. The van der Waals surface area contributed by atoms with Crippen LogP contribution in [0.2, 0.25) is 0 Å². The van der Waals surface area contributed by atoms with Crippen LogP contribution in [0.5, 0.6) is 0 Å². The fourth-order valence-corrected chi connectivity index (χ4v) is 2.50. The normalized spacial score (nSPS) is 10.5. The molecular formula is C12H12N2O3S. The van der Waals surface area contributed by atoms with Crippen LogP contribution in [-0.4, -0.2) is 28.2 Å². The van der Waals surface area contributed by atoms with E-state index in [1.54, 1.807) is 12.4 Å². The molecule has 1 N–H and O–H groups in total. The van der Waals surface area contributed by atoms with Gasteiger partial charge in [-0.15, -0.1) is 11.3 Å². The standard InChI is InChI=1S/C12H12N2O3S/c1-17-7-9-11(12(15)16)18-10(14-9)5-8-3-2-4-13-6-8/h2-4,6H,5,7H2,1H3,(H,15,16). The predicted octanol–water partition coefficient (Wildman–Crippen LogP) is 1.97. The number of aromatic nitrogens is 2. The Balaban J connectivity index is 2.24. The lowest BCUT2D eigenvalue weighted by molar-refractivity contribution is 0.0697. The van der Waals surface area contributed by atoms with Gasteiger partial charge in [-0.1, -0.05) is 6.07 Å². The van der Waals surface area contributed by atoms with Crippen LogP contribution in [0.15, 0.2) is 24.5 Å². The molecule has 0 bridgehead atoms. The van der Waals surface area contributed by atoms with E-state index in [2.05, 4.69) is 9.97 Å². The van der Waals surface area contributed by atoms with Crippen molar-refractivity contribution >= 4 is 17.3 Å². The van der Waals surface area contributed by atoms with Crippen molar-refractivity contribution in [1.82, 2.24) is 9.97 Å². The maximum atomic E-state index is 11.1. The van der Waals surface area contributed by atoms with Crippen molar-refractivity contribution in [2.45, 2.75) is 13.0 Å². The van der Waals surface area contributed by atoms with Crippen LogP contribution >= 0.6 is 11.3 Å². The van der Waals surface area contributed by atoms with Crippen molar-refractivity contribution in [1.29, 1.82) is 0 Å². The maximum Gasteiger partial charge on any atom is 0.347 e. The maximum absolute atomic E-state index is 11.1. The summed E-state index contributed by atoms with van der Waals surface area (Å²) in [6.07, 6.45) is 4.03. The number of hydrogen-bond acceptors (Lipinski definition) is 5. The highest BCUT2D eigenvalue weighted by molar-refractivity contribution is 7.13. The number of carboxylic acids is 1. The summed E-state index contributed by atoms with van der Waals surface area (Å²) >= 11 is 1.18. The second-order valence-electron chi connectivity index (χ2n) is 3.66. The molecule has 18 heavy (non-hydrogen) atoms. The number of ether oxygens (including phenoxy) is 1. The van der Waals surface area contributed by atoms with Gasteiger partial charge < -0.3 is 9.84 Å². The minimum absolute atomic E-state index is 0.213. The van der Waals surface area contributed by atoms with Crippen LogP contribution in [0, 0.1) is 0 Å². The molecule has 0 amide bonds. The van der Waals surface area contributed by atoms with Gasteiger partial charge in [0.15, 0.2) is 0 Å². The smallest absolute Gasteiger partial charge is 0.347 e. The van der Waals surface area contributed by atoms with E-state index in [-0.39, 0.29) is 11.5 Å². The molecule has 0 radical (unpaired) electrons. The van der Waals surface area contributed by atoms with Gasteiger partial charge in [0.05, 0.1) is 17.3 Å². The molecule has 0 aliphatic heterocycles. The first-order chi connectivity index (χ1) is 8.70. The summed E-state index contributed by atoms with van der Waals surface area (Å²) < 4.78 is 4.95. The molecule has 2 aromatic rings. The van der Waals surface area contributed by atoms with E-state index in [4.69, 9.17) is 9.84 Å². The van der Waals surface area contributed by atoms with Gasteiger partial charge in [0.1, 0.15) is 4.88 Å². The number of hydrogen-bond donors (Lipinski definition) is 1. The number of nitrogens with zero attached hydrogens (tertiary/aromatic N) is 2. The van der Waals surface area contributed by atoms with E-state index in [1.807, 2.05) is 12.1 Å². The molecule has 0 aliphatic rings. The molecule has 0 unspecified atom stereocenters. The Morgan fingerprint density at radius 3 is 3.00 bits per heavy atom. The number of pyridine rings is 1. The van der Waals surface area contributed by atoms with Gasteiger partial charge in [0.2, 0.25) is 0 Å². The van der Waals surface area contributed by atoms with E-state index in [0.717, 1.165) is 10.6 Å². The zero-order valence-electron chi connectivity index (χ0n) is 9.79. The average molecular weight is 264 g/mol. The molecule has 2 aromatic heterocycles. The number of carbonyl (C=O) groups is 1. The van der Waals surface area contributed by atoms with Crippen LogP contribution in [0.1, 0.15) is 25.9 Å². The molecule has 0 fully saturated rings. The Morgan fingerprint density at radius 2 is 2.39 bits per heavy atom. The van der Waals surface area contributed by atoms with E-state index >= 15 is 0 Å². The summed E-state index contributed by atoms with van der Waals surface area (Å²) in [6.45, 7) is 0.213. The van der Waals surface area contributed by atoms with Crippen LogP contribution < -0.4 is 0 Å². The Bertz CT molecular complexity index is 540. The quantitative estimate of drug-likeness (QED) is 0.893. The number of aromatic carboxylic acids is 1. The monoisotopic (exact) mass is 264 g/mol. The first-order valence-electron chi connectivity index (χ1n) is 5.30. The second kappa shape index (κ2) is 5.70. The summed E-state index contributed by atoms with van der Waals surface area (Å²) in [4.78, 5) is 19.6. The van der Waals surface area contributed by atoms with Gasteiger partial charge in [-0.3, -0.25) is 4.98 Å². The summed E-state index contributed by atoms with van der Waals surface area (Å²) in [5.41, 5.74) is 1.49. The molecule has 94 valence electrons. The van der Waals surface area contributed by atoms with Crippen molar-refractivity contribution in [3.63, 3.8) is 0 Å². The lowest BCUT2D eigenvalue weighted by Crippen LogP contribution is -1.99. The highest BCUT2D eigenvalue weighted by Crippen LogP contribution is 2.21. The summed E-state index contributed by atoms with van der Waals surface area (Å²) in [5, 5.41) is 9.83. The minimum atomic E-state index is -0.961. The molecule has 5 nitrogen and oxygen atoms in total. The van der Waals surface area contributed by atoms with Gasteiger partial charge in [0, 0.05) is 25.9 Å². The van der Waals surface area contributed by atoms with Crippen LogP contribution in [0.25, 0.3) is 0 Å². The molecular weight excluding hydrogens is 252 g/mol. The van der Waals surface area contributed by atoms with Crippen molar-refractivity contribution in [3.8, 4) is 0 Å². The number of carboxylic acid groups (broad SMARTS) is 1. The van der Waals surface area contributed by atoms with Gasteiger partial charge in [-0.2, -0.15) is 0 Å². The molecule has 0 atom stereocenters. The Labute approximate surface area is 108 Å². The van der Waals surface area contributed by atoms with Gasteiger partial charge in [0.25, 0.3) is 0 Å². The Kier molecular flexibility index (Phi) is 4.01. The molecule has 0 spiro atoms. The third kappa shape index (κ3) is 2.91. The molecule has 2 rings (SSSR count). The second-order valence-corrected chi connectivity index (χ2v) is 4.74. The Morgan fingerprint density at radius 1 is 1.56 bits per heavy atom. The highest BCUT2D eigenvalue weighted by atomic mass is 32.1. The van der Waals surface area contributed by atoms with E-state index in [9.17, 15) is 4.79 Å². The van der Waals surface area contributed by atoms with Crippen LogP contribution in [0.3, 0.4) is 0 Å². The zero-order chi connectivity index (χ0) is 13.0. The van der Waals surface area contributed by atoms with Crippen molar-refractivity contribution in [3.05, 3.63) is 45.7 Å². The number of rotatable bonds is 5. The predicted molar refractivity (Wildman–Crippen MR) is 66.8 cm³/mol. The fraction of sp³-hybridized carbons (Fsp3) is 0.250. The Hall–Kier alpha value is -1.79. The highest BCUT2D eigenvalue weighted by Gasteiger charge is 2.17. The summed E-state index contributed by atoms with van der Waals surface area (Å²) in [5.74, 6) is -0.961. The lowest BCUT2D eigenvalue weighted by Gasteiger charge is -1.96.